The number of hydrogen-bond donors (Lipinski definition) is 2. The predicted molar refractivity (Wildman–Crippen MR) is 114 cm³/mol. The molecule has 2 fully saturated rings. The van der Waals surface area contributed by atoms with Gasteiger partial charge < -0.3 is 15.5 Å². The lowest BCUT2D eigenvalue weighted by atomic mass is 10.2. The van der Waals surface area contributed by atoms with Gasteiger partial charge in [-0.05, 0) is 37.8 Å². The fourth-order valence-electron chi connectivity index (χ4n) is 3.56. The van der Waals surface area contributed by atoms with Crippen molar-refractivity contribution in [2.75, 3.05) is 22.1 Å². The maximum Gasteiger partial charge on any atom is 0.329 e. The third kappa shape index (κ3) is 3.63. The molecule has 5 rings (SSSR count). The molecule has 1 saturated carbocycles. The highest BCUT2D eigenvalue weighted by atomic mass is 32.1. The van der Waals surface area contributed by atoms with E-state index in [0.29, 0.717) is 24.0 Å². The van der Waals surface area contributed by atoms with Crippen LogP contribution in [-0.4, -0.2) is 44.4 Å². The Morgan fingerprint density at radius 2 is 2.07 bits per heavy atom. The standard InChI is InChI=1S/C19H19N7O3S/c27-17(24-19-22-12-4-1-2-6-15(12)30-19)13-5-3-9-25(13)18-20-10-14(26(28)29)16(23-18)21-11-7-8-11/h1-2,4,6,10-11,13H,3,5,7-9H2,(H,20,21,23)(H,22,24,27)/t13-/m0/s1. The average Bonchev–Trinajstić information content (AvgIpc) is 3.25. The van der Waals surface area contributed by atoms with Gasteiger partial charge in [0.2, 0.25) is 17.7 Å². The molecule has 3 aromatic rings. The number of rotatable bonds is 6. The first-order valence-electron chi connectivity index (χ1n) is 9.79. The summed E-state index contributed by atoms with van der Waals surface area (Å²) >= 11 is 1.43. The molecule has 154 valence electrons. The molecule has 0 spiro atoms. The molecular weight excluding hydrogens is 406 g/mol. The number of nitrogens with zero attached hydrogens (tertiary/aromatic N) is 5. The summed E-state index contributed by atoms with van der Waals surface area (Å²) in [4.78, 5) is 38.6. The molecule has 0 bridgehead atoms. The molecule has 1 aliphatic heterocycles. The number of benzene rings is 1. The Labute approximate surface area is 175 Å². The van der Waals surface area contributed by atoms with Gasteiger partial charge in [-0.2, -0.15) is 4.98 Å². The highest BCUT2D eigenvalue weighted by Gasteiger charge is 2.34. The summed E-state index contributed by atoms with van der Waals surface area (Å²) in [6, 6.07) is 7.47. The van der Waals surface area contributed by atoms with Gasteiger partial charge in [0.15, 0.2) is 5.13 Å². The van der Waals surface area contributed by atoms with Crippen molar-refractivity contribution in [3.05, 3.63) is 40.6 Å². The fourth-order valence-corrected chi connectivity index (χ4v) is 4.43. The van der Waals surface area contributed by atoms with E-state index in [0.717, 1.165) is 29.5 Å². The second kappa shape index (κ2) is 7.48. The van der Waals surface area contributed by atoms with Crippen molar-refractivity contribution >= 4 is 50.0 Å². The highest BCUT2D eigenvalue weighted by molar-refractivity contribution is 7.22. The van der Waals surface area contributed by atoms with E-state index in [2.05, 4.69) is 25.6 Å². The smallest absolute Gasteiger partial charge is 0.329 e. The number of nitrogens with one attached hydrogen (secondary N) is 2. The van der Waals surface area contributed by atoms with Crippen LogP contribution in [-0.2, 0) is 4.79 Å². The number of thiazole rings is 1. The minimum absolute atomic E-state index is 0.152. The van der Waals surface area contributed by atoms with Gasteiger partial charge in [0.25, 0.3) is 0 Å². The van der Waals surface area contributed by atoms with Crippen molar-refractivity contribution < 1.29 is 9.72 Å². The number of amides is 1. The van der Waals surface area contributed by atoms with Gasteiger partial charge in [0, 0.05) is 12.6 Å². The first-order valence-corrected chi connectivity index (χ1v) is 10.6. The summed E-state index contributed by atoms with van der Waals surface area (Å²) in [5, 5.41) is 17.9. The molecule has 2 N–H and O–H groups in total. The van der Waals surface area contributed by atoms with Crippen molar-refractivity contribution in [3.63, 3.8) is 0 Å². The van der Waals surface area contributed by atoms with Crippen LogP contribution in [0.25, 0.3) is 10.2 Å². The largest absolute Gasteiger partial charge is 0.361 e. The third-order valence-electron chi connectivity index (χ3n) is 5.21. The van der Waals surface area contributed by atoms with Crippen molar-refractivity contribution in [1.82, 2.24) is 15.0 Å². The van der Waals surface area contributed by atoms with E-state index in [1.807, 2.05) is 29.2 Å². The zero-order valence-electron chi connectivity index (χ0n) is 15.9. The van der Waals surface area contributed by atoms with Crippen LogP contribution < -0.4 is 15.5 Å². The fraction of sp³-hybridized carbons (Fsp3) is 0.368. The summed E-state index contributed by atoms with van der Waals surface area (Å²) in [6.07, 6.45) is 4.61. The topological polar surface area (TPSA) is 126 Å². The van der Waals surface area contributed by atoms with E-state index in [4.69, 9.17) is 0 Å². The molecule has 0 unspecified atom stereocenters. The minimum atomic E-state index is -0.490. The monoisotopic (exact) mass is 425 g/mol. The van der Waals surface area contributed by atoms with E-state index < -0.39 is 11.0 Å². The first kappa shape index (κ1) is 18.7. The number of nitro groups is 1. The van der Waals surface area contributed by atoms with Crippen molar-refractivity contribution in [3.8, 4) is 0 Å². The van der Waals surface area contributed by atoms with Gasteiger partial charge in [-0.25, -0.2) is 9.97 Å². The normalized spacial score (nSPS) is 18.5. The predicted octanol–water partition coefficient (Wildman–Crippen LogP) is 3.18. The lowest BCUT2D eigenvalue weighted by Gasteiger charge is -2.23. The molecule has 2 aromatic heterocycles. The number of carbonyl (C=O) groups is 1. The van der Waals surface area contributed by atoms with Gasteiger partial charge in [0.1, 0.15) is 12.2 Å². The van der Waals surface area contributed by atoms with E-state index in [9.17, 15) is 14.9 Å². The Bertz CT molecular complexity index is 1100. The number of aromatic nitrogens is 3. The Hall–Kier alpha value is -3.34. The van der Waals surface area contributed by atoms with E-state index >= 15 is 0 Å². The first-order chi connectivity index (χ1) is 14.6. The van der Waals surface area contributed by atoms with Gasteiger partial charge >= 0.3 is 5.69 Å². The molecule has 3 heterocycles. The second-order valence-corrected chi connectivity index (χ2v) is 8.44. The van der Waals surface area contributed by atoms with Gasteiger partial charge in [-0.15, -0.1) is 0 Å². The third-order valence-corrected chi connectivity index (χ3v) is 6.16. The zero-order valence-corrected chi connectivity index (χ0v) is 16.8. The minimum Gasteiger partial charge on any atom is -0.361 e. The van der Waals surface area contributed by atoms with Crippen LogP contribution in [0.1, 0.15) is 25.7 Å². The Morgan fingerprint density at radius 1 is 1.23 bits per heavy atom. The van der Waals surface area contributed by atoms with Crippen LogP contribution in [0, 0.1) is 10.1 Å². The van der Waals surface area contributed by atoms with Gasteiger partial charge in [-0.3, -0.25) is 14.9 Å². The lowest BCUT2D eigenvalue weighted by molar-refractivity contribution is -0.384. The molecule has 30 heavy (non-hydrogen) atoms. The zero-order chi connectivity index (χ0) is 20.7. The van der Waals surface area contributed by atoms with Crippen LogP contribution in [0.15, 0.2) is 30.5 Å². The van der Waals surface area contributed by atoms with Gasteiger partial charge in [-0.1, -0.05) is 23.5 Å². The average molecular weight is 425 g/mol. The summed E-state index contributed by atoms with van der Waals surface area (Å²) < 4.78 is 1.01. The Balaban J connectivity index is 1.37. The van der Waals surface area contributed by atoms with E-state index in [1.165, 1.54) is 17.5 Å². The van der Waals surface area contributed by atoms with Crippen molar-refractivity contribution in [2.24, 2.45) is 0 Å². The molecule has 1 saturated heterocycles. The molecule has 0 radical (unpaired) electrons. The number of carbonyl (C=O) groups excluding carboxylic acids is 1. The molecule has 1 aromatic carbocycles. The molecule has 1 amide bonds. The maximum absolute atomic E-state index is 13.0. The van der Waals surface area contributed by atoms with Crippen LogP contribution in [0.5, 0.6) is 0 Å². The molecule has 1 aliphatic carbocycles. The molecular formula is C19H19N7O3S. The Kier molecular flexibility index (Phi) is 4.66. The number of anilines is 3. The number of para-hydroxylation sites is 1. The molecule has 10 nitrogen and oxygen atoms in total. The van der Waals surface area contributed by atoms with Crippen LogP contribution in [0.4, 0.5) is 22.6 Å². The van der Waals surface area contributed by atoms with Crippen molar-refractivity contribution in [2.45, 2.75) is 37.8 Å². The molecule has 2 aliphatic rings. The van der Waals surface area contributed by atoms with Gasteiger partial charge in [0.05, 0.1) is 15.1 Å². The summed E-state index contributed by atoms with van der Waals surface area (Å²) in [6.45, 7) is 0.610. The van der Waals surface area contributed by atoms with Crippen LogP contribution in [0.2, 0.25) is 0 Å². The summed E-state index contributed by atoms with van der Waals surface area (Å²) in [5.74, 6) is 0.362. The quantitative estimate of drug-likeness (QED) is 0.455. The molecule has 1 atom stereocenters. The van der Waals surface area contributed by atoms with Crippen LogP contribution >= 0.6 is 11.3 Å². The van der Waals surface area contributed by atoms with E-state index in [-0.39, 0.29) is 23.5 Å². The SMILES string of the molecule is O=C(Nc1nc2ccccc2s1)[C@@H]1CCCN1c1ncc([N+](=O)[O-])c(NC2CC2)n1. The number of fused-ring (bicyclic) bond motifs is 1. The lowest BCUT2D eigenvalue weighted by Crippen LogP contribution is -2.40. The summed E-state index contributed by atoms with van der Waals surface area (Å²) in [5.41, 5.74) is 0.691. The molecule has 11 heteroatoms. The second-order valence-electron chi connectivity index (χ2n) is 7.41. The van der Waals surface area contributed by atoms with Crippen LogP contribution in [0.3, 0.4) is 0 Å². The Morgan fingerprint density at radius 3 is 2.83 bits per heavy atom. The van der Waals surface area contributed by atoms with E-state index in [1.54, 1.807) is 0 Å². The maximum atomic E-state index is 13.0. The van der Waals surface area contributed by atoms with Crippen molar-refractivity contribution in [1.29, 1.82) is 0 Å². The summed E-state index contributed by atoms with van der Waals surface area (Å²) in [7, 11) is 0. The number of hydrogen-bond acceptors (Lipinski definition) is 9. The highest BCUT2D eigenvalue weighted by Crippen LogP contribution is 2.32.